The molecule has 0 spiro atoms. The fourth-order valence-corrected chi connectivity index (χ4v) is 1.21. The summed E-state index contributed by atoms with van der Waals surface area (Å²) < 4.78 is 0. The fourth-order valence-electron chi connectivity index (χ4n) is 1.21. The van der Waals surface area contributed by atoms with E-state index >= 15 is 0 Å². The third-order valence-corrected chi connectivity index (χ3v) is 2.06. The monoisotopic (exact) mass is 225 g/mol. The quantitative estimate of drug-likeness (QED) is 0.620. The Bertz CT molecular complexity index is 382. The van der Waals surface area contributed by atoms with Crippen molar-refractivity contribution in [3.63, 3.8) is 0 Å². The molecule has 0 aromatic carbocycles. The predicted molar refractivity (Wildman–Crippen MR) is 59.4 cm³/mol. The second-order valence-electron chi connectivity index (χ2n) is 3.52. The number of carboxylic acids is 1. The normalized spacial score (nSPS) is 10.6. The van der Waals surface area contributed by atoms with Crippen molar-refractivity contribution >= 4 is 17.7 Å². The standard InChI is InChI=1S/C9H15N5O2/c1-14(3-2-7(15)16)5-6-4-12-9(11)13-8(6)10/h4H,2-3,5H2,1H3,(H,15,16)(H4,10,11,12,13). The molecule has 7 heteroatoms. The number of nitrogens with zero attached hydrogens (tertiary/aromatic N) is 3. The van der Waals surface area contributed by atoms with Crippen molar-refractivity contribution in [2.24, 2.45) is 0 Å². The summed E-state index contributed by atoms with van der Waals surface area (Å²) in [7, 11) is 1.80. The molecule has 0 aliphatic heterocycles. The highest BCUT2D eigenvalue weighted by Gasteiger charge is 2.07. The molecule has 1 rings (SSSR count). The zero-order chi connectivity index (χ0) is 12.1. The van der Waals surface area contributed by atoms with Gasteiger partial charge in [-0.1, -0.05) is 0 Å². The number of hydrogen-bond donors (Lipinski definition) is 3. The van der Waals surface area contributed by atoms with E-state index in [-0.39, 0.29) is 12.4 Å². The van der Waals surface area contributed by atoms with Gasteiger partial charge in [0.05, 0.1) is 6.42 Å². The van der Waals surface area contributed by atoms with Gasteiger partial charge < -0.3 is 21.5 Å². The van der Waals surface area contributed by atoms with Gasteiger partial charge in [0.2, 0.25) is 5.95 Å². The zero-order valence-electron chi connectivity index (χ0n) is 9.05. The fraction of sp³-hybridized carbons (Fsp3) is 0.444. The first-order valence-corrected chi connectivity index (χ1v) is 4.76. The molecule has 0 amide bonds. The van der Waals surface area contributed by atoms with Crippen LogP contribution in [0.15, 0.2) is 6.20 Å². The minimum Gasteiger partial charge on any atom is -0.481 e. The summed E-state index contributed by atoms with van der Waals surface area (Å²) in [5, 5.41) is 8.53. The number of rotatable bonds is 5. The maximum absolute atomic E-state index is 10.4. The van der Waals surface area contributed by atoms with Gasteiger partial charge in [-0.05, 0) is 7.05 Å². The van der Waals surface area contributed by atoms with Crippen LogP contribution in [0.25, 0.3) is 0 Å². The molecule has 1 aromatic rings. The van der Waals surface area contributed by atoms with Crippen molar-refractivity contribution in [1.29, 1.82) is 0 Å². The molecule has 1 aromatic heterocycles. The molecule has 0 saturated heterocycles. The zero-order valence-corrected chi connectivity index (χ0v) is 9.05. The molecule has 0 unspecified atom stereocenters. The maximum atomic E-state index is 10.4. The second-order valence-corrected chi connectivity index (χ2v) is 3.52. The van der Waals surface area contributed by atoms with Crippen molar-refractivity contribution in [2.45, 2.75) is 13.0 Å². The van der Waals surface area contributed by atoms with E-state index in [0.717, 1.165) is 5.56 Å². The second kappa shape index (κ2) is 5.26. The summed E-state index contributed by atoms with van der Waals surface area (Å²) in [5.41, 5.74) is 11.8. The molecule has 0 atom stereocenters. The molecule has 16 heavy (non-hydrogen) atoms. The minimum absolute atomic E-state index is 0.0895. The Hall–Kier alpha value is -1.89. The van der Waals surface area contributed by atoms with Gasteiger partial charge in [-0.25, -0.2) is 4.98 Å². The van der Waals surface area contributed by atoms with Crippen molar-refractivity contribution in [1.82, 2.24) is 14.9 Å². The van der Waals surface area contributed by atoms with E-state index in [9.17, 15) is 4.79 Å². The van der Waals surface area contributed by atoms with Gasteiger partial charge in [-0.15, -0.1) is 0 Å². The van der Waals surface area contributed by atoms with Gasteiger partial charge in [0, 0.05) is 24.8 Å². The van der Waals surface area contributed by atoms with Crippen LogP contribution < -0.4 is 11.5 Å². The van der Waals surface area contributed by atoms with Crippen molar-refractivity contribution in [3.8, 4) is 0 Å². The number of nitrogen functional groups attached to an aromatic ring is 2. The Morgan fingerprint density at radius 1 is 1.56 bits per heavy atom. The number of carboxylic acid groups (broad SMARTS) is 1. The van der Waals surface area contributed by atoms with Crippen molar-refractivity contribution in [2.75, 3.05) is 25.1 Å². The Morgan fingerprint density at radius 2 is 2.25 bits per heavy atom. The number of hydrogen-bond acceptors (Lipinski definition) is 6. The molecule has 1 heterocycles. The lowest BCUT2D eigenvalue weighted by molar-refractivity contribution is -0.137. The van der Waals surface area contributed by atoms with E-state index in [1.165, 1.54) is 0 Å². The topological polar surface area (TPSA) is 118 Å². The average Bonchev–Trinajstić information content (AvgIpc) is 2.19. The SMILES string of the molecule is CN(CCC(=O)O)Cc1cnc(N)nc1N. The third kappa shape index (κ3) is 3.70. The number of aliphatic carboxylic acids is 1. The Kier molecular flexibility index (Phi) is 4.01. The van der Waals surface area contributed by atoms with E-state index < -0.39 is 5.97 Å². The van der Waals surface area contributed by atoms with Crippen LogP contribution in [0.4, 0.5) is 11.8 Å². The Morgan fingerprint density at radius 3 is 2.81 bits per heavy atom. The predicted octanol–water partition coefficient (Wildman–Crippen LogP) is -0.452. The molecule has 0 fully saturated rings. The molecule has 5 N–H and O–H groups in total. The number of aromatic nitrogens is 2. The van der Waals surface area contributed by atoms with Crippen LogP contribution in [-0.4, -0.2) is 39.5 Å². The summed E-state index contributed by atoms with van der Waals surface area (Å²) in [4.78, 5) is 19.9. The van der Waals surface area contributed by atoms with Gasteiger partial charge in [-0.2, -0.15) is 4.98 Å². The smallest absolute Gasteiger partial charge is 0.304 e. The van der Waals surface area contributed by atoms with E-state index in [1.54, 1.807) is 13.2 Å². The third-order valence-electron chi connectivity index (χ3n) is 2.06. The highest BCUT2D eigenvalue weighted by atomic mass is 16.4. The molecule has 7 nitrogen and oxygen atoms in total. The lowest BCUT2D eigenvalue weighted by Gasteiger charge is -2.15. The molecule has 0 radical (unpaired) electrons. The lowest BCUT2D eigenvalue weighted by Crippen LogP contribution is -2.22. The Labute approximate surface area is 93.1 Å². The van der Waals surface area contributed by atoms with E-state index in [1.807, 2.05) is 4.90 Å². The maximum Gasteiger partial charge on any atom is 0.304 e. The summed E-state index contributed by atoms with van der Waals surface area (Å²) in [5.74, 6) is -0.363. The van der Waals surface area contributed by atoms with Gasteiger partial charge >= 0.3 is 5.97 Å². The average molecular weight is 225 g/mol. The largest absolute Gasteiger partial charge is 0.481 e. The van der Waals surface area contributed by atoms with Gasteiger partial charge in [-0.3, -0.25) is 4.79 Å². The van der Waals surface area contributed by atoms with Crippen LogP contribution in [0, 0.1) is 0 Å². The molecule has 0 bridgehead atoms. The van der Waals surface area contributed by atoms with Crippen LogP contribution >= 0.6 is 0 Å². The summed E-state index contributed by atoms with van der Waals surface area (Å²) in [6.45, 7) is 0.943. The molecule has 0 aliphatic carbocycles. The first-order valence-electron chi connectivity index (χ1n) is 4.76. The highest BCUT2D eigenvalue weighted by Crippen LogP contribution is 2.10. The highest BCUT2D eigenvalue weighted by molar-refractivity contribution is 5.66. The van der Waals surface area contributed by atoms with Crippen LogP contribution in [0.1, 0.15) is 12.0 Å². The van der Waals surface area contributed by atoms with Crippen LogP contribution in [0.3, 0.4) is 0 Å². The van der Waals surface area contributed by atoms with Crippen molar-refractivity contribution < 1.29 is 9.90 Å². The number of nitrogens with two attached hydrogens (primary N) is 2. The van der Waals surface area contributed by atoms with E-state index in [4.69, 9.17) is 16.6 Å². The summed E-state index contributed by atoms with van der Waals surface area (Å²) >= 11 is 0. The molecular weight excluding hydrogens is 210 g/mol. The first kappa shape index (κ1) is 12.2. The van der Waals surface area contributed by atoms with Crippen LogP contribution in [0.2, 0.25) is 0 Å². The molecule has 88 valence electrons. The van der Waals surface area contributed by atoms with Gasteiger partial charge in [0.25, 0.3) is 0 Å². The van der Waals surface area contributed by atoms with Crippen LogP contribution in [-0.2, 0) is 11.3 Å². The number of carbonyl (C=O) groups is 1. The molecular formula is C9H15N5O2. The Balaban J connectivity index is 2.55. The van der Waals surface area contributed by atoms with E-state index in [2.05, 4.69) is 9.97 Å². The first-order chi connectivity index (χ1) is 7.49. The lowest BCUT2D eigenvalue weighted by atomic mass is 10.3. The van der Waals surface area contributed by atoms with Gasteiger partial charge in [0.1, 0.15) is 5.82 Å². The summed E-state index contributed by atoms with van der Waals surface area (Å²) in [6.07, 6.45) is 1.64. The van der Waals surface area contributed by atoms with Gasteiger partial charge in [0.15, 0.2) is 0 Å². The summed E-state index contributed by atoms with van der Waals surface area (Å²) in [6, 6.07) is 0. The van der Waals surface area contributed by atoms with Crippen LogP contribution in [0.5, 0.6) is 0 Å². The van der Waals surface area contributed by atoms with E-state index in [0.29, 0.717) is 18.9 Å². The molecule has 0 aliphatic rings. The minimum atomic E-state index is -0.826. The number of anilines is 2. The molecule has 0 saturated carbocycles. The van der Waals surface area contributed by atoms with Crippen molar-refractivity contribution in [3.05, 3.63) is 11.8 Å².